The van der Waals surface area contributed by atoms with Gasteiger partial charge in [-0.2, -0.15) is 0 Å². The van der Waals surface area contributed by atoms with Crippen LogP contribution >= 0.6 is 0 Å². The molecule has 3 aromatic carbocycles. The molecule has 7 nitrogen and oxygen atoms in total. The lowest BCUT2D eigenvalue weighted by molar-refractivity contribution is -0.132. The molecule has 1 saturated heterocycles. The molecule has 204 valence electrons. The number of hydrogen-bond donors (Lipinski definition) is 2. The minimum absolute atomic E-state index is 0.0996. The number of carbonyl (C=O) groups excluding carboxylic acids is 2. The van der Waals surface area contributed by atoms with E-state index in [0.717, 1.165) is 28.7 Å². The van der Waals surface area contributed by atoms with Crippen LogP contribution in [-0.2, 0) is 15.0 Å². The largest absolute Gasteiger partial charge is 0.507 e. The van der Waals surface area contributed by atoms with Crippen molar-refractivity contribution in [2.45, 2.75) is 39.2 Å². The smallest absolute Gasteiger partial charge is 0.300 e. The standard InChI is InChI=1S/C30H29F2NO6/c1-6-39-23-11-8-17(13-19(23)30(2,3)4)27(35)25-26(16-7-12-24(38-5)22(34)14-16)33(29(37)28(25)36)18-9-10-20(31)21(32)15-18/h7-15,26,34-35H,6H2,1-5H3/b27-25-. The molecule has 4 rings (SSSR count). The number of aliphatic hydroxyl groups excluding tert-OH is 1. The van der Waals surface area contributed by atoms with Crippen LogP contribution in [0.25, 0.3) is 5.76 Å². The first kappa shape index (κ1) is 27.6. The van der Waals surface area contributed by atoms with Gasteiger partial charge in [0.05, 0.1) is 25.3 Å². The number of hydrogen-bond acceptors (Lipinski definition) is 6. The number of aliphatic hydroxyl groups is 1. The fourth-order valence-corrected chi connectivity index (χ4v) is 4.63. The molecular weight excluding hydrogens is 508 g/mol. The first-order chi connectivity index (χ1) is 18.4. The van der Waals surface area contributed by atoms with E-state index in [-0.39, 0.29) is 39.3 Å². The number of ketones is 1. The first-order valence-corrected chi connectivity index (χ1v) is 12.3. The Morgan fingerprint density at radius 3 is 2.26 bits per heavy atom. The van der Waals surface area contributed by atoms with E-state index >= 15 is 0 Å². The van der Waals surface area contributed by atoms with Gasteiger partial charge in [0.15, 0.2) is 23.1 Å². The molecule has 0 radical (unpaired) electrons. The van der Waals surface area contributed by atoms with Crippen LogP contribution in [0, 0.1) is 11.6 Å². The molecule has 2 N–H and O–H groups in total. The maximum absolute atomic E-state index is 14.2. The van der Waals surface area contributed by atoms with Gasteiger partial charge in [-0.3, -0.25) is 14.5 Å². The molecular formula is C30H29F2NO6. The van der Waals surface area contributed by atoms with Gasteiger partial charge in [0.1, 0.15) is 11.5 Å². The summed E-state index contributed by atoms with van der Waals surface area (Å²) in [6.45, 7) is 8.18. The summed E-state index contributed by atoms with van der Waals surface area (Å²) in [5.74, 6) is -4.40. The lowest BCUT2D eigenvalue weighted by atomic mass is 9.84. The zero-order valence-corrected chi connectivity index (χ0v) is 22.2. The molecule has 9 heteroatoms. The third kappa shape index (κ3) is 5.04. The van der Waals surface area contributed by atoms with Crippen LogP contribution in [-0.4, -0.2) is 35.6 Å². The number of nitrogens with zero attached hydrogens (tertiary/aromatic N) is 1. The van der Waals surface area contributed by atoms with Gasteiger partial charge in [-0.25, -0.2) is 8.78 Å². The first-order valence-electron chi connectivity index (χ1n) is 12.3. The number of methoxy groups -OCH3 is 1. The molecule has 1 unspecified atom stereocenters. The molecule has 0 saturated carbocycles. The van der Waals surface area contributed by atoms with Gasteiger partial charge < -0.3 is 19.7 Å². The van der Waals surface area contributed by atoms with Crippen LogP contribution in [0.15, 0.2) is 60.2 Å². The summed E-state index contributed by atoms with van der Waals surface area (Å²) in [5.41, 5.74) is 0.493. The Labute approximate surface area is 224 Å². The van der Waals surface area contributed by atoms with E-state index in [4.69, 9.17) is 9.47 Å². The number of amides is 1. The quantitative estimate of drug-likeness (QED) is 0.227. The molecule has 1 fully saturated rings. The van der Waals surface area contributed by atoms with Crippen molar-refractivity contribution in [3.63, 3.8) is 0 Å². The average molecular weight is 538 g/mol. The van der Waals surface area contributed by atoms with Gasteiger partial charge in [0.2, 0.25) is 0 Å². The molecule has 1 amide bonds. The second-order valence-corrected chi connectivity index (χ2v) is 10.1. The Kier molecular flexibility index (Phi) is 7.37. The van der Waals surface area contributed by atoms with Crippen molar-refractivity contribution in [3.8, 4) is 17.2 Å². The molecule has 0 aromatic heterocycles. The molecule has 3 aromatic rings. The second-order valence-electron chi connectivity index (χ2n) is 10.1. The summed E-state index contributed by atoms with van der Waals surface area (Å²) in [7, 11) is 1.36. The number of phenols is 1. The minimum atomic E-state index is -1.27. The van der Waals surface area contributed by atoms with Crippen LogP contribution in [0.3, 0.4) is 0 Å². The highest BCUT2D eigenvalue weighted by Gasteiger charge is 2.47. The number of anilines is 1. The van der Waals surface area contributed by atoms with Gasteiger partial charge in [0, 0.05) is 22.9 Å². The van der Waals surface area contributed by atoms with E-state index in [1.54, 1.807) is 18.2 Å². The predicted octanol–water partition coefficient (Wildman–Crippen LogP) is 6.00. The SMILES string of the molecule is CCOc1ccc(/C(O)=C2/C(=O)C(=O)N(c3ccc(F)c(F)c3)C2c2ccc(OC)c(O)c2)cc1C(C)(C)C. The average Bonchev–Trinajstić information content (AvgIpc) is 3.15. The number of Topliss-reactive ketones (excluding diaryl/α,β-unsaturated/α-hetero) is 1. The molecule has 0 bridgehead atoms. The summed E-state index contributed by atoms with van der Waals surface area (Å²) < 4.78 is 38.8. The van der Waals surface area contributed by atoms with Crippen molar-refractivity contribution in [2.24, 2.45) is 0 Å². The van der Waals surface area contributed by atoms with Crippen LogP contribution in [0.1, 0.15) is 50.4 Å². The lowest BCUT2D eigenvalue weighted by Gasteiger charge is -2.26. The fraction of sp³-hybridized carbons (Fsp3) is 0.267. The van der Waals surface area contributed by atoms with E-state index in [2.05, 4.69) is 0 Å². The lowest BCUT2D eigenvalue weighted by Crippen LogP contribution is -2.29. The third-order valence-corrected chi connectivity index (χ3v) is 6.51. The summed E-state index contributed by atoms with van der Waals surface area (Å²) in [6.07, 6.45) is 0. The van der Waals surface area contributed by atoms with Gasteiger partial charge in [-0.05, 0) is 60.4 Å². The van der Waals surface area contributed by atoms with Crippen LogP contribution in [0.4, 0.5) is 14.5 Å². The summed E-state index contributed by atoms with van der Waals surface area (Å²) in [5, 5.41) is 22.0. The monoisotopic (exact) mass is 537 g/mol. The van der Waals surface area contributed by atoms with Crippen molar-refractivity contribution in [3.05, 3.63) is 88.5 Å². The molecule has 1 aliphatic heterocycles. The predicted molar refractivity (Wildman–Crippen MR) is 142 cm³/mol. The highest BCUT2D eigenvalue weighted by atomic mass is 19.2. The van der Waals surface area contributed by atoms with Crippen molar-refractivity contribution in [2.75, 3.05) is 18.6 Å². The third-order valence-electron chi connectivity index (χ3n) is 6.51. The van der Waals surface area contributed by atoms with Crippen molar-refractivity contribution in [1.82, 2.24) is 0 Å². The summed E-state index contributed by atoms with van der Waals surface area (Å²) in [4.78, 5) is 27.7. The Balaban J connectivity index is 1.98. The van der Waals surface area contributed by atoms with E-state index in [0.29, 0.717) is 12.4 Å². The molecule has 0 aliphatic carbocycles. The second kappa shape index (κ2) is 10.4. The highest BCUT2D eigenvalue weighted by Crippen LogP contribution is 2.45. The Bertz CT molecular complexity index is 1490. The number of phenolic OH excluding ortho intramolecular Hbond substituents is 1. The van der Waals surface area contributed by atoms with E-state index in [1.807, 2.05) is 27.7 Å². The molecule has 1 heterocycles. The van der Waals surface area contributed by atoms with Gasteiger partial charge in [0.25, 0.3) is 11.7 Å². The maximum atomic E-state index is 14.2. The number of rotatable bonds is 6. The van der Waals surface area contributed by atoms with Crippen LogP contribution < -0.4 is 14.4 Å². The van der Waals surface area contributed by atoms with E-state index in [1.165, 1.54) is 25.3 Å². The zero-order chi connectivity index (χ0) is 28.6. The highest BCUT2D eigenvalue weighted by molar-refractivity contribution is 6.51. The summed E-state index contributed by atoms with van der Waals surface area (Å²) in [6, 6.07) is 10.7. The van der Waals surface area contributed by atoms with Crippen LogP contribution in [0.5, 0.6) is 17.2 Å². The molecule has 39 heavy (non-hydrogen) atoms. The van der Waals surface area contributed by atoms with Gasteiger partial charge in [-0.1, -0.05) is 26.8 Å². The summed E-state index contributed by atoms with van der Waals surface area (Å²) >= 11 is 0. The Morgan fingerprint density at radius 1 is 0.974 bits per heavy atom. The van der Waals surface area contributed by atoms with Crippen molar-refractivity contribution < 1.29 is 38.1 Å². The van der Waals surface area contributed by atoms with Crippen molar-refractivity contribution >= 4 is 23.1 Å². The van der Waals surface area contributed by atoms with E-state index in [9.17, 15) is 28.6 Å². The van der Waals surface area contributed by atoms with Gasteiger partial charge >= 0.3 is 0 Å². The normalized spacial score (nSPS) is 17.0. The molecule has 1 atom stereocenters. The minimum Gasteiger partial charge on any atom is -0.507 e. The number of halogens is 2. The number of aromatic hydroxyl groups is 1. The fourth-order valence-electron chi connectivity index (χ4n) is 4.63. The van der Waals surface area contributed by atoms with Gasteiger partial charge in [-0.15, -0.1) is 0 Å². The molecule has 1 aliphatic rings. The number of ether oxygens (including phenoxy) is 2. The molecule has 0 spiro atoms. The Hall–Kier alpha value is -4.40. The number of carbonyl (C=O) groups is 2. The van der Waals surface area contributed by atoms with Crippen molar-refractivity contribution in [1.29, 1.82) is 0 Å². The zero-order valence-electron chi connectivity index (χ0n) is 22.2. The number of benzene rings is 3. The van der Waals surface area contributed by atoms with E-state index < -0.39 is 35.1 Å². The Morgan fingerprint density at radius 2 is 1.67 bits per heavy atom. The van der Waals surface area contributed by atoms with Crippen LogP contribution in [0.2, 0.25) is 0 Å². The topological polar surface area (TPSA) is 96.3 Å². The maximum Gasteiger partial charge on any atom is 0.300 e.